The first kappa shape index (κ1) is 25.5. The molecule has 3 rings (SSSR count). The van der Waals surface area contributed by atoms with Crippen molar-refractivity contribution in [3.63, 3.8) is 0 Å². The van der Waals surface area contributed by atoms with Crippen molar-refractivity contribution in [3.8, 4) is 11.8 Å². The molecule has 1 aromatic carbocycles. The maximum atomic E-state index is 12.4. The number of aromatic amines is 1. The van der Waals surface area contributed by atoms with Gasteiger partial charge in [0.05, 0.1) is 11.6 Å². The summed E-state index contributed by atoms with van der Waals surface area (Å²) in [5.41, 5.74) is -0.898. The number of aromatic nitrogens is 2. The molecule has 2 heterocycles. The SMILES string of the molecule is CCCCCn1c(=O)cc(N2CCN(CC(O)C(C)(C)Oc3ccc(C#N)cc3)CC2)[nH]c1=O. The maximum absolute atomic E-state index is 12.4. The third kappa shape index (κ3) is 6.49. The van der Waals surface area contributed by atoms with Gasteiger partial charge in [-0.2, -0.15) is 5.26 Å². The van der Waals surface area contributed by atoms with Crippen molar-refractivity contribution in [3.05, 3.63) is 56.7 Å². The minimum atomic E-state index is -0.821. The summed E-state index contributed by atoms with van der Waals surface area (Å²) in [6, 6.07) is 10.4. The van der Waals surface area contributed by atoms with Crippen LogP contribution in [0.2, 0.25) is 0 Å². The summed E-state index contributed by atoms with van der Waals surface area (Å²) in [7, 11) is 0. The molecular formula is C25H35N5O4. The van der Waals surface area contributed by atoms with Crippen LogP contribution in [0.3, 0.4) is 0 Å². The number of aliphatic hydroxyl groups is 1. The molecule has 9 nitrogen and oxygen atoms in total. The summed E-state index contributed by atoms with van der Waals surface area (Å²) in [4.78, 5) is 31.9. The predicted molar refractivity (Wildman–Crippen MR) is 131 cm³/mol. The number of H-pyrrole nitrogens is 1. The van der Waals surface area contributed by atoms with Crippen LogP contribution in [-0.2, 0) is 6.54 Å². The Kier molecular flexibility index (Phi) is 8.53. The van der Waals surface area contributed by atoms with Gasteiger partial charge in [0.1, 0.15) is 23.3 Å². The largest absolute Gasteiger partial charge is 0.485 e. The van der Waals surface area contributed by atoms with E-state index >= 15 is 0 Å². The van der Waals surface area contributed by atoms with Gasteiger partial charge in [0.2, 0.25) is 0 Å². The van der Waals surface area contributed by atoms with E-state index in [2.05, 4.69) is 22.9 Å². The second-order valence-corrected chi connectivity index (χ2v) is 9.30. The molecule has 1 fully saturated rings. The highest BCUT2D eigenvalue weighted by molar-refractivity contribution is 5.37. The van der Waals surface area contributed by atoms with Crippen molar-refractivity contribution in [2.45, 2.75) is 58.3 Å². The van der Waals surface area contributed by atoms with Gasteiger partial charge >= 0.3 is 5.69 Å². The number of nitrogens with one attached hydrogen (secondary N) is 1. The molecule has 184 valence electrons. The van der Waals surface area contributed by atoms with Gasteiger partial charge in [-0.1, -0.05) is 19.8 Å². The minimum absolute atomic E-state index is 0.269. The fourth-order valence-electron chi connectivity index (χ4n) is 4.02. The lowest BCUT2D eigenvalue weighted by molar-refractivity contribution is -0.0449. The summed E-state index contributed by atoms with van der Waals surface area (Å²) >= 11 is 0. The van der Waals surface area contributed by atoms with Crippen LogP contribution in [0.4, 0.5) is 5.82 Å². The number of β-amino-alcohol motifs (C(OH)–C–C–N with tert-alkyl or cyclic N) is 1. The third-order valence-corrected chi connectivity index (χ3v) is 6.30. The topological polar surface area (TPSA) is 115 Å². The van der Waals surface area contributed by atoms with Gasteiger partial charge in [0.15, 0.2) is 0 Å². The Hall–Kier alpha value is -3.09. The van der Waals surface area contributed by atoms with Gasteiger partial charge < -0.3 is 14.7 Å². The first-order valence-electron chi connectivity index (χ1n) is 11.9. The van der Waals surface area contributed by atoms with Gasteiger partial charge in [0.25, 0.3) is 5.56 Å². The lowest BCUT2D eigenvalue weighted by Crippen LogP contribution is -2.54. The number of nitriles is 1. The number of anilines is 1. The molecule has 9 heteroatoms. The van der Waals surface area contributed by atoms with E-state index in [1.54, 1.807) is 24.3 Å². The number of rotatable bonds is 10. The van der Waals surface area contributed by atoms with Crippen molar-refractivity contribution in [1.29, 1.82) is 5.26 Å². The number of ether oxygens (including phenoxy) is 1. The number of unbranched alkanes of at least 4 members (excludes halogenated alkanes) is 2. The molecule has 0 spiro atoms. The zero-order valence-corrected chi connectivity index (χ0v) is 20.3. The molecular weight excluding hydrogens is 434 g/mol. The molecule has 1 aromatic heterocycles. The van der Waals surface area contributed by atoms with Crippen molar-refractivity contribution < 1.29 is 9.84 Å². The average Bonchev–Trinajstić information content (AvgIpc) is 2.81. The maximum Gasteiger partial charge on any atom is 0.329 e. The van der Waals surface area contributed by atoms with Crippen LogP contribution in [0, 0.1) is 11.3 Å². The molecule has 1 atom stereocenters. The Morgan fingerprint density at radius 3 is 2.41 bits per heavy atom. The zero-order valence-electron chi connectivity index (χ0n) is 20.3. The lowest BCUT2D eigenvalue weighted by atomic mass is 10.0. The molecule has 34 heavy (non-hydrogen) atoms. The molecule has 0 amide bonds. The molecule has 1 unspecified atom stereocenters. The quantitative estimate of drug-likeness (QED) is 0.511. The summed E-state index contributed by atoms with van der Waals surface area (Å²) in [5, 5.41) is 19.8. The van der Waals surface area contributed by atoms with E-state index in [0.717, 1.165) is 19.3 Å². The second kappa shape index (κ2) is 11.4. The number of nitrogens with zero attached hydrogens (tertiary/aromatic N) is 4. The molecule has 0 bridgehead atoms. The number of piperazine rings is 1. The van der Waals surface area contributed by atoms with Crippen molar-refractivity contribution in [2.24, 2.45) is 0 Å². The van der Waals surface area contributed by atoms with Gasteiger partial charge in [-0.25, -0.2) is 4.79 Å². The average molecular weight is 470 g/mol. The highest BCUT2D eigenvalue weighted by Crippen LogP contribution is 2.23. The fourth-order valence-corrected chi connectivity index (χ4v) is 4.02. The Balaban J connectivity index is 1.54. The summed E-state index contributed by atoms with van der Waals surface area (Å²) < 4.78 is 7.26. The van der Waals surface area contributed by atoms with Gasteiger partial charge in [-0.3, -0.25) is 19.2 Å². The van der Waals surface area contributed by atoms with Crippen LogP contribution in [0.25, 0.3) is 0 Å². The molecule has 1 aliphatic heterocycles. The molecule has 0 saturated carbocycles. The summed E-state index contributed by atoms with van der Waals surface area (Å²) in [5.74, 6) is 1.15. The minimum Gasteiger partial charge on any atom is -0.485 e. The smallest absolute Gasteiger partial charge is 0.329 e. The van der Waals surface area contributed by atoms with Gasteiger partial charge in [-0.05, 0) is 44.5 Å². The van der Waals surface area contributed by atoms with Crippen LogP contribution in [0.15, 0.2) is 39.9 Å². The molecule has 2 N–H and O–H groups in total. The molecule has 0 radical (unpaired) electrons. The van der Waals surface area contributed by atoms with E-state index < -0.39 is 11.7 Å². The first-order valence-corrected chi connectivity index (χ1v) is 11.9. The van der Waals surface area contributed by atoms with E-state index in [0.29, 0.717) is 56.4 Å². The fraction of sp³-hybridized carbons (Fsp3) is 0.560. The Labute approximate surface area is 200 Å². The van der Waals surface area contributed by atoms with Crippen LogP contribution in [-0.4, -0.2) is 64.0 Å². The van der Waals surface area contributed by atoms with Gasteiger partial charge in [0, 0.05) is 45.3 Å². The van der Waals surface area contributed by atoms with Crippen molar-refractivity contribution >= 4 is 5.82 Å². The van der Waals surface area contributed by atoms with Crippen molar-refractivity contribution in [1.82, 2.24) is 14.5 Å². The van der Waals surface area contributed by atoms with E-state index in [1.807, 2.05) is 18.7 Å². The van der Waals surface area contributed by atoms with Crippen LogP contribution in [0.5, 0.6) is 5.75 Å². The van der Waals surface area contributed by atoms with Crippen LogP contribution in [0.1, 0.15) is 45.6 Å². The molecule has 0 aliphatic carbocycles. The zero-order chi connectivity index (χ0) is 24.7. The Morgan fingerprint density at radius 1 is 1.15 bits per heavy atom. The van der Waals surface area contributed by atoms with E-state index in [9.17, 15) is 14.7 Å². The number of benzene rings is 1. The monoisotopic (exact) mass is 469 g/mol. The molecule has 2 aromatic rings. The third-order valence-electron chi connectivity index (χ3n) is 6.30. The predicted octanol–water partition coefficient (Wildman–Crippen LogP) is 1.94. The molecule has 1 aliphatic rings. The number of aliphatic hydroxyl groups excluding tert-OH is 1. The van der Waals surface area contributed by atoms with E-state index in [4.69, 9.17) is 10.00 Å². The van der Waals surface area contributed by atoms with Crippen LogP contribution < -0.4 is 20.9 Å². The standard InChI is InChI=1S/C25H35N5O4/c1-4-5-6-11-30-23(32)16-22(27-24(30)33)29-14-12-28(13-15-29)18-21(31)25(2,3)34-20-9-7-19(17-26)8-10-20/h7-10,16,21,31H,4-6,11-15,18H2,1-3H3,(H,27,33). The summed E-state index contributed by atoms with van der Waals surface area (Å²) in [6.07, 6.45) is 2.09. The highest BCUT2D eigenvalue weighted by atomic mass is 16.5. The lowest BCUT2D eigenvalue weighted by Gasteiger charge is -2.39. The Morgan fingerprint density at radius 2 is 1.82 bits per heavy atom. The number of hydrogen-bond donors (Lipinski definition) is 2. The Bertz CT molecular complexity index is 1060. The normalized spacial score (nSPS) is 15.7. The van der Waals surface area contributed by atoms with Crippen molar-refractivity contribution in [2.75, 3.05) is 37.6 Å². The van der Waals surface area contributed by atoms with E-state index in [1.165, 1.54) is 10.6 Å². The first-order chi connectivity index (χ1) is 16.2. The number of hydrogen-bond acceptors (Lipinski definition) is 7. The molecule has 1 saturated heterocycles. The summed E-state index contributed by atoms with van der Waals surface area (Å²) in [6.45, 7) is 9.28. The van der Waals surface area contributed by atoms with Crippen LogP contribution >= 0.6 is 0 Å². The van der Waals surface area contributed by atoms with E-state index in [-0.39, 0.29) is 11.2 Å². The van der Waals surface area contributed by atoms with Gasteiger partial charge in [-0.15, -0.1) is 0 Å². The highest BCUT2D eigenvalue weighted by Gasteiger charge is 2.32. The second-order valence-electron chi connectivity index (χ2n) is 9.30.